The maximum atomic E-state index is 13.4. The third-order valence-corrected chi connectivity index (χ3v) is 2.62. The highest BCUT2D eigenvalue weighted by molar-refractivity contribution is 5.38. The lowest BCUT2D eigenvalue weighted by Crippen LogP contribution is -2.00. The summed E-state index contributed by atoms with van der Waals surface area (Å²) in [6.45, 7) is 0.272. The van der Waals surface area contributed by atoms with Crippen molar-refractivity contribution in [1.29, 1.82) is 0 Å². The second kappa shape index (κ2) is 6.69. The fourth-order valence-corrected chi connectivity index (χ4v) is 1.61. The first-order valence-corrected chi connectivity index (χ1v) is 6.05. The molecule has 0 heterocycles. The predicted octanol–water partition coefficient (Wildman–Crippen LogP) is 2.85. The highest BCUT2D eigenvalue weighted by Crippen LogP contribution is 2.16. The fourth-order valence-electron chi connectivity index (χ4n) is 1.61. The smallest absolute Gasteiger partial charge is 0.165 e. The van der Waals surface area contributed by atoms with Crippen LogP contribution in [0.4, 0.5) is 8.78 Å². The molecule has 0 atom stereocenters. The van der Waals surface area contributed by atoms with Crippen LogP contribution in [0.2, 0.25) is 0 Å². The van der Waals surface area contributed by atoms with Gasteiger partial charge in [0.05, 0.1) is 6.54 Å². The van der Waals surface area contributed by atoms with Gasteiger partial charge in [0, 0.05) is 11.1 Å². The summed E-state index contributed by atoms with van der Waals surface area (Å²) in [6, 6.07) is 11.0. The van der Waals surface area contributed by atoms with Crippen molar-refractivity contribution in [1.82, 2.24) is 0 Å². The molecule has 0 saturated carbocycles. The van der Waals surface area contributed by atoms with Gasteiger partial charge in [-0.05, 0) is 30.3 Å². The van der Waals surface area contributed by atoms with E-state index in [1.54, 1.807) is 24.3 Å². The third-order valence-electron chi connectivity index (χ3n) is 2.62. The summed E-state index contributed by atoms with van der Waals surface area (Å²) in [5.41, 5.74) is 6.28. The van der Waals surface area contributed by atoms with Gasteiger partial charge in [-0.25, -0.2) is 8.78 Å². The molecule has 0 fully saturated rings. The van der Waals surface area contributed by atoms with Crippen molar-refractivity contribution >= 4 is 0 Å². The first kappa shape index (κ1) is 14.0. The van der Waals surface area contributed by atoms with Crippen molar-refractivity contribution in [2.45, 2.75) is 6.61 Å². The number of hydrogen-bond donors (Lipinski definition) is 1. The van der Waals surface area contributed by atoms with E-state index in [9.17, 15) is 8.78 Å². The van der Waals surface area contributed by atoms with Crippen molar-refractivity contribution < 1.29 is 13.5 Å². The fraction of sp³-hybridized carbons (Fsp3) is 0.125. The number of benzene rings is 2. The Morgan fingerprint density at radius 1 is 1.05 bits per heavy atom. The molecule has 0 amide bonds. The van der Waals surface area contributed by atoms with Crippen LogP contribution in [0.15, 0.2) is 42.5 Å². The van der Waals surface area contributed by atoms with E-state index in [4.69, 9.17) is 10.5 Å². The van der Waals surface area contributed by atoms with Crippen LogP contribution < -0.4 is 10.5 Å². The largest absolute Gasteiger partial charge is 0.489 e. The van der Waals surface area contributed by atoms with Crippen molar-refractivity contribution in [3.8, 4) is 17.6 Å². The third kappa shape index (κ3) is 3.56. The maximum Gasteiger partial charge on any atom is 0.165 e. The zero-order chi connectivity index (χ0) is 14.4. The van der Waals surface area contributed by atoms with E-state index >= 15 is 0 Å². The molecule has 0 aromatic heterocycles. The minimum absolute atomic E-state index is 0.0303. The molecule has 4 heteroatoms. The topological polar surface area (TPSA) is 35.2 Å². The molecule has 2 rings (SSSR count). The molecular weight excluding hydrogens is 260 g/mol. The minimum atomic E-state index is -0.877. The first-order valence-electron chi connectivity index (χ1n) is 6.05. The van der Waals surface area contributed by atoms with E-state index in [1.165, 1.54) is 12.1 Å². The molecule has 2 nitrogen and oxygen atoms in total. The van der Waals surface area contributed by atoms with E-state index in [0.717, 1.165) is 11.6 Å². The Labute approximate surface area is 116 Å². The Bertz CT molecular complexity index is 642. The first-order chi connectivity index (χ1) is 9.70. The van der Waals surface area contributed by atoms with Gasteiger partial charge in [-0.1, -0.05) is 24.0 Å². The lowest BCUT2D eigenvalue weighted by atomic mass is 10.2. The molecular formula is C16H13F2NO. The van der Waals surface area contributed by atoms with E-state index in [1.807, 2.05) is 0 Å². The van der Waals surface area contributed by atoms with E-state index < -0.39 is 11.6 Å². The molecule has 2 aromatic rings. The van der Waals surface area contributed by atoms with E-state index in [-0.39, 0.29) is 12.2 Å². The van der Waals surface area contributed by atoms with Gasteiger partial charge in [-0.15, -0.1) is 0 Å². The number of rotatable bonds is 3. The van der Waals surface area contributed by atoms with Gasteiger partial charge >= 0.3 is 0 Å². The summed E-state index contributed by atoms with van der Waals surface area (Å²) in [4.78, 5) is 0. The van der Waals surface area contributed by atoms with Crippen LogP contribution in [-0.2, 0) is 6.61 Å². The molecule has 0 unspecified atom stereocenters. The standard InChI is InChI=1S/C16H13F2NO/c17-15-5-1-4-13(16(15)18)11-20-14-8-6-12(7-9-14)3-2-10-19/h1,4-9H,10-11,19H2. The number of ether oxygens (including phenoxy) is 1. The Hall–Kier alpha value is -2.38. The van der Waals surface area contributed by atoms with Crippen molar-refractivity contribution in [2.75, 3.05) is 6.54 Å². The molecule has 2 aromatic carbocycles. The quantitative estimate of drug-likeness (QED) is 0.873. The zero-order valence-electron chi connectivity index (χ0n) is 10.7. The summed E-state index contributed by atoms with van der Waals surface area (Å²) in [5, 5.41) is 0. The summed E-state index contributed by atoms with van der Waals surface area (Å²) in [5.74, 6) is 4.43. The summed E-state index contributed by atoms with van der Waals surface area (Å²) in [6.07, 6.45) is 0. The summed E-state index contributed by atoms with van der Waals surface area (Å²) in [7, 11) is 0. The van der Waals surface area contributed by atoms with Crippen LogP contribution >= 0.6 is 0 Å². The molecule has 0 aliphatic rings. The van der Waals surface area contributed by atoms with Gasteiger partial charge in [-0.3, -0.25) is 0 Å². The Morgan fingerprint density at radius 2 is 1.80 bits per heavy atom. The van der Waals surface area contributed by atoms with Crippen LogP contribution in [-0.4, -0.2) is 6.54 Å². The maximum absolute atomic E-state index is 13.4. The highest BCUT2D eigenvalue weighted by atomic mass is 19.2. The summed E-state index contributed by atoms with van der Waals surface area (Å²) >= 11 is 0. The number of nitrogens with two attached hydrogens (primary N) is 1. The molecule has 0 bridgehead atoms. The lowest BCUT2D eigenvalue weighted by Gasteiger charge is -2.07. The zero-order valence-corrected chi connectivity index (χ0v) is 10.7. The van der Waals surface area contributed by atoms with Gasteiger partial charge in [0.15, 0.2) is 11.6 Å². The van der Waals surface area contributed by atoms with Gasteiger partial charge in [0.1, 0.15) is 12.4 Å². The van der Waals surface area contributed by atoms with Gasteiger partial charge in [0.2, 0.25) is 0 Å². The number of hydrogen-bond acceptors (Lipinski definition) is 2. The predicted molar refractivity (Wildman–Crippen MR) is 73.1 cm³/mol. The van der Waals surface area contributed by atoms with E-state index in [0.29, 0.717) is 12.3 Å². The van der Waals surface area contributed by atoms with Gasteiger partial charge in [0.25, 0.3) is 0 Å². The molecule has 20 heavy (non-hydrogen) atoms. The SMILES string of the molecule is NCC#Cc1ccc(OCc2cccc(F)c2F)cc1. The minimum Gasteiger partial charge on any atom is -0.489 e. The second-order valence-electron chi connectivity index (χ2n) is 4.03. The molecule has 0 radical (unpaired) electrons. The van der Waals surface area contributed by atoms with Crippen LogP contribution in [0.5, 0.6) is 5.75 Å². The van der Waals surface area contributed by atoms with Crippen molar-refractivity contribution in [3.63, 3.8) is 0 Å². The Morgan fingerprint density at radius 3 is 2.50 bits per heavy atom. The average Bonchev–Trinajstić information content (AvgIpc) is 2.48. The normalized spacial score (nSPS) is 9.75. The van der Waals surface area contributed by atoms with Gasteiger partial charge < -0.3 is 10.5 Å². The van der Waals surface area contributed by atoms with Crippen LogP contribution in [0.25, 0.3) is 0 Å². The average molecular weight is 273 g/mol. The monoisotopic (exact) mass is 273 g/mol. The lowest BCUT2D eigenvalue weighted by molar-refractivity contribution is 0.297. The number of halogens is 2. The highest BCUT2D eigenvalue weighted by Gasteiger charge is 2.07. The van der Waals surface area contributed by atoms with Crippen LogP contribution in [0.1, 0.15) is 11.1 Å². The van der Waals surface area contributed by atoms with E-state index in [2.05, 4.69) is 11.8 Å². The summed E-state index contributed by atoms with van der Waals surface area (Å²) < 4.78 is 31.9. The molecule has 2 N–H and O–H groups in total. The Kier molecular flexibility index (Phi) is 4.70. The second-order valence-corrected chi connectivity index (χ2v) is 4.03. The molecule has 0 spiro atoms. The van der Waals surface area contributed by atoms with Crippen LogP contribution in [0, 0.1) is 23.5 Å². The van der Waals surface area contributed by atoms with Crippen LogP contribution in [0.3, 0.4) is 0 Å². The molecule has 102 valence electrons. The molecule has 0 saturated heterocycles. The molecule has 0 aliphatic heterocycles. The molecule has 0 aliphatic carbocycles. The Balaban J connectivity index is 2.02. The van der Waals surface area contributed by atoms with Crippen molar-refractivity contribution in [2.24, 2.45) is 5.73 Å². The van der Waals surface area contributed by atoms with Crippen molar-refractivity contribution in [3.05, 3.63) is 65.2 Å². The van der Waals surface area contributed by atoms with Gasteiger partial charge in [-0.2, -0.15) is 0 Å².